The first kappa shape index (κ1) is 16.0. The molecule has 0 aliphatic carbocycles. The van der Waals surface area contributed by atoms with E-state index in [1.165, 1.54) is 4.40 Å². The number of para-hydroxylation sites is 2. The Kier molecular flexibility index (Phi) is 3.73. The van der Waals surface area contributed by atoms with Gasteiger partial charge in [0.1, 0.15) is 17.0 Å². The summed E-state index contributed by atoms with van der Waals surface area (Å²) in [6.07, 6.45) is 0. The molecule has 0 spiro atoms. The Balaban J connectivity index is 2.21. The lowest BCUT2D eigenvalue weighted by Crippen LogP contribution is -2.19. The van der Waals surface area contributed by atoms with Crippen molar-refractivity contribution < 1.29 is 14.6 Å². The minimum absolute atomic E-state index is 0.0542. The van der Waals surface area contributed by atoms with Crippen LogP contribution in [0, 0.1) is 0 Å². The van der Waals surface area contributed by atoms with E-state index in [2.05, 4.69) is 4.98 Å². The molecule has 2 heterocycles. The lowest BCUT2D eigenvalue weighted by molar-refractivity contribution is 0.0525. The van der Waals surface area contributed by atoms with E-state index in [-0.39, 0.29) is 29.1 Å². The molecular formula is C20H16N2O4. The van der Waals surface area contributed by atoms with Crippen LogP contribution in [0.25, 0.3) is 27.8 Å². The molecule has 0 atom stereocenters. The highest BCUT2D eigenvalue weighted by molar-refractivity contribution is 6.03. The molecular weight excluding hydrogens is 332 g/mol. The SMILES string of the molecule is CCOC(=O)c1c(O)c(-c2ccccc2)c(=O)n2c1[nH]c1ccccc12. The first-order valence-corrected chi connectivity index (χ1v) is 8.24. The maximum atomic E-state index is 13.2. The molecule has 2 N–H and O–H groups in total. The van der Waals surface area contributed by atoms with Crippen LogP contribution in [-0.4, -0.2) is 27.1 Å². The normalized spacial score (nSPS) is 11.1. The van der Waals surface area contributed by atoms with Crippen LogP contribution in [0.2, 0.25) is 0 Å². The van der Waals surface area contributed by atoms with Gasteiger partial charge >= 0.3 is 5.97 Å². The van der Waals surface area contributed by atoms with Crippen molar-refractivity contribution in [2.24, 2.45) is 0 Å². The molecule has 0 bridgehead atoms. The van der Waals surface area contributed by atoms with Gasteiger partial charge in [0.2, 0.25) is 0 Å². The number of aromatic hydroxyl groups is 1. The Labute approximate surface area is 148 Å². The van der Waals surface area contributed by atoms with Crippen LogP contribution in [0.4, 0.5) is 0 Å². The molecule has 0 aliphatic heterocycles. The van der Waals surface area contributed by atoms with Gasteiger partial charge in [-0.25, -0.2) is 4.79 Å². The molecule has 4 rings (SSSR count). The van der Waals surface area contributed by atoms with E-state index >= 15 is 0 Å². The number of aromatic amines is 1. The van der Waals surface area contributed by atoms with Gasteiger partial charge < -0.3 is 14.8 Å². The van der Waals surface area contributed by atoms with Crippen LogP contribution in [0.3, 0.4) is 0 Å². The number of benzene rings is 2. The zero-order chi connectivity index (χ0) is 18.3. The molecule has 6 nitrogen and oxygen atoms in total. The predicted octanol–water partition coefficient (Wildman–Crippen LogP) is 3.33. The Bertz CT molecular complexity index is 1190. The van der Waals surface area contributed by atoms with E-state index < -0.39 is 11.5 Å². The zero-order valence-electron chi connectivity index (χ0n) is 14.0. The Hall–Kier alpha value is -3.54. The van der Waals surface area contributed by atoms with Crippen molar-refractivity contribution in [1.29, 1.82) is 0 Å². The molecule has 0 saturated carbocycles. The molecule has 0 fully saturated rings. The van der Waals surface area contributed by atoms with E-state index in [1.807, 2.05) is 12.1 Å². The number of pyridine rings is 1. The first-order valence-electron chi connectivity index (χ1n) is 8.24. The van der Waals surface area contributed by atoms with Gasteiger partial charge in [-0.2, -0.15) is 0 Å². The van der Waals surface area contributed by atoms with Crippen LogP contribution in [0.5, 0.6) is 5.75 Å². The number of fused-ring (bicyclic) bond motifs is 3. The van der Waals surface area contributed by atoms with Gasteiger partial charge in [-0.1, -0.05) is 42.5 Å². The summed E-state index contributed by atoms with van der Waals surface area (Å²) in [7, 11) is 0. The molecule has 2 aromatic carbocycles. The summed E-state index contributed by atoms with van der Waals surface area (Å²) in [4.78, 5) is 28.8. The van der Waals surface area contributed by atoms with Crippen molar-refractivity contribution in [3.63, 3.8) is 0 Å². The molecule has 0 unspecified atom stereocenters. The molecule has 6 heteroatoms. The highest BCUT2D eigenvalue weighted by Gasteiger charge is 2.26. The van der Waals surface area contributed by atoms with Crippen molar-refractivity contribution in [2.75, 3.05) is 6.61 Å². The number of H-pyrrole nitrogens is 1. The average molecular weight is 348 g/mol. The molecule has 130 valence electrons. The second kappa shape index (κ2) is 6.07. The fourth-order valence-electron chi connectivity index (χ4n) is 3.18. The number of esters is 1. The van der Waals surface area contributed by atoms with Gasteiger partial charge in [0.25, 0.3) is 5.56 Å². The monoisotopic (exact) mass is 348 g/mol. The third-order valence-electron chi connectivity index (χ3n) is 4.29. The van der Waals surface area contributed by atoms with Crippen molar-refractivity contribution in [1.82, 2.24) is 9.38 Å². The number of nitrogens with zero attached hydrogens (tertiary/aromatic N) is 1. The molecule has 4 aromatic rings. The second-order valence-corrected chi connectivity index (χ2v) is 5.82. The minimum atomic E-state index is -0.689. The van der Waals surface area contributed by atoms with Crippen molar-refractivity contribution in [3.8, 4) is 16.9 Å². The third kappa shape index (κ3) is 2.27. The van der Waals surface area contributed by atoms with E-state index in [4.69, 9.17) is 4.74 Å². The highest BCUT2D eigenvalue weighted by atomic mass is 16.5. The second-order valence-electron chi connectivity index (χ2n) is 5.82. The van der Waals surface area contributed by atoms with Gasteiger partial charge in [-0.15, -0.1) is 0 Å². The number of ether oxygens (including phenoxy) is 1. The molecule has 2 aromatic heterocycles. The number of nitrogens with one attached hydrogen (secondary N) is 1. The maximum absolute atomic E-state index is 13.2. The van der Waals surface area contributed by atoms with Crippen molar-refractivity contribution in [2.45, 2.75) is 6.92 Å². The number of hydrogen-bond donors (Lipinski definition) is 2. The fourth-order valence-corrected chi connectivity index (χ4v) is 3.18. The van der Waals surface area contributed by atoms with E-state index in [0.29, 0.717) is 16.6 Å². The zero-order valence-corrected chi connectivity index (χ0v) is 14.0. The summed E-state index contributed by atoms with van der Waals surface area (Å²) in [6, 6.07) is 16.0. The Morgan fingerprint density at radius 3 is 2.54 bits per heavy atom. The van der Waals surface area contributed by atoms with Gasteiger partial charge in [0.15, 0.2) is 0 Å². The third-order valence-corrected chi connectivity index (χ3v) is 4.29. The lowest BCUT2D eigenvalue weighted by Gasteiger charge is -2.11. The van der Waals surface area contributed by atoms with Crippen LogP contribution in [-0.2, 0) is 4.74 Å². The fraction of sp³-hybridized carbons (Fsp3) is 0.100. The van der Waals surface area contributed by atoms with Gasteiger partial charge in [0.05, 0.1) is 23.2 Å². The quantitative estimate of drug-likeness (QED) is 0.556. The largest absolute Gasteiger partial charge is 0.506 e. The summed E-state index contributed by atoms with van der Waals surface area (Å²) in [5.41, 5.74) is 1.65. The van der Waals surface area contributed by atoms with Gasteiger partial charge in [-0.3, -0.25) is 9.20 Å². The molecule has 0 saturated heterocycles. The van der Waals surface area contributed by atoms with Crippen LogP contribution >= 0.6 is 0 Å². The van der Waals surface area contributed by atoms with Crippen molar-refractivity contribution in [3.05, 3.63) is 70.5 Å². The lowest BCUT2D eigenvalue weighted by atomic mass is 10.0. The Morgan fingerprint density at radius 2 is 1.81 bits per heavy atom. The smallest absolute Gasteiger partial charge is 0.345 e. The predicted molar refractivity (Wildman–Crippen MR) is 98.6 cm³/mol. The minimum Gasteiger partial charge on any atom is -0.506 e. The van der Waals surface area contributed by atoms with Crippen LogP contribution < -0.4 is 5.56 Å². The number of carbonyl (C=O) groups excluding carboxylic acids is 1. The molecule has 0 radical (unpaired) electrons. The summed E-state index contributed by atoms with van der Waals surface area (Å²) in [5.74, 6) is -1.07. The standard InChI is InChI=1S/C20H16N2O4/c1-2-26-20(25)16-17(23)15(12-8-4-3-5-9-12)19(24)22-14-11-7-6-10-13(14)21-18(16)22/h3-11,21,23H,2H2,1H3. The first-order chi connectivity index (χ1) is 12.6. The van der Waals surface area contributed by atoms with E-state index in [1.54, 1.807) is 49.4 Å². The molecule has 0 aliphatic rings. The number of hydrogen-bond acceptors (Lipinski definition) is 4. The van der Waals surface area contributed by atoms with Crippen molar-refractivity contribution >= 4 is 22.6 Å². The average Bonchev–Trinajstić information content (AvgIpc) is 3.02. The number of aromatic nitrogens is 2. The van der Waals surface area contributed by atoms with Crippen LogP contribution in [0.1, 0.15) is 17.3 Å². The summed E-state index contributed by atoms with van der Waals surface area (Å²) in [6.45, 7) is 1.84. The van der Waals surface area contributed by atoms with E-state index in [0.717, 1.165) is 0 Å². The summed E-state index contributed by atoms with van der Waals surface area (Å²) >= 11 is 0. The Morgan fingerprint density at radius 1 is 1.12 bits per heavy atom. The van der Waals surface area contributed by atoms with Gasteiger partial charge in [-0.05, 0) is 24.6 Å². The highest BCUT2D eigenvalue weighted by Crippen LogP contribution is 2.33. The maximum Gasteiger partial charge on any atom is 0.345 e. The number of rotatable bonds is 3. The summed E-state index contributed by atoms with van der Waals surface area (Å²) in [5, 5.41) is 10.8. The topological polar surface area (TPSA) is 83.8 Å². The number of imidazole rings is 1. The van der Waals surface area contributed by atoms with E-state index in [9.17, 15) is 14.7 Å². The number of carbonyl (C=O) groups is 1. The molecule has 0 amide bonds. The van der Waals surface area contributed by atoms with Crippen LogP contribution in [0.15, 0.2) is 59.4 Å². The van der Waals surface area contributed by atoms with Gasteiger partial charge in [0, 0.05) is 0 Å². The summed E-state index contributed by atoms with van der Waals surface area (Å²) < 4.78 is 6.52. The molecule has 26 heavy (non-hydrogen) atoms.